The van der Waals surface area contributed by atoms with Gasteiger partial charge in [0, 0.05) is 35.3 Å². The van der Waals surface area contributed by atoms with Crippen LogP contribution in [-0.4, -0.2) is 17.9 Å². The van der Waals surface area contributed by atoms with Crippen LogP contribution in [0.2, 0.25) is 10.0 Å². The maximum Gasteiger partial charge on any atom is 0.196 e. The number of halogens is 3. The Kier molecular flexibility index (Phi) is 5.99. The number of alkyl halides is 1. The molecule has 1 aliphatic rings. The molecule has 0 aliphatic heterocycles. The zero-order valence-corrected chi connectivity index (χ0v) is 16.5. The van der Waals surface area contributed by atoms with Gasteiger partial charge in [-0.05, 0) is 54.2 Å². The Labute approximate surface area is 168 Å². The molecule has 27 heavy (non-hydrogen) atoms. The Bertz CT molecular complexity index is 900. The van der Waals surface area contributed by atoms with Crippen LogP contribution in [0.15, 0.2) is 37.0 Å². The summed E-state index contributed by atoms with van der Waals surface area (Å²) in [7, 11) is 1.57. The monoisotopic (exact) mass is 407 g/mol. The molecule has 1 unspecified atom stereocenters. The SMILES string of the molecule is C=C1CCC(F)(C(=O)CCc2c(Cl)cc(Cl)cc2COC)c2cccnc21. The Balaban J connectivity index is 1.85. The molecule has 0 saturated heterocycles. The van der Waals surface area contributed by atoms with Gasteiger partial charge in [0.05, 0.1) is 12.3 Å². The van der Waals surface area contributed by atoms with Gasteiger partial charge in [-0.3, -0.25) is 9.78 Å². The van der Waals surface area contributed by atoms with E-state index in [-0.39, 0.29) is 12.8 Å². The first-order chi connectivity index (χ1) is 12.9. The lowest BCUT2D eigenvalue weighted by atomic mass is 9.77. The van der Waals surface area contributed by atoms with Crippen LogP contribution in [-0.2, 0) is 28.2 Å². The third kappa shape index (κ3) is 3.93. The second-order valence-electron chi connectivity index (χ2n) is 6.69. The second-order valence-corrected chi connectivity index (χ2v) is 7.53. The first-order valence-electron chi connectivity index (χ1n) is 8.68. The van der Waals surface area contributed by atoms with Gasteiger partial charge in [0.1, 0.15) is 0 Å². The Hall–Kier alpha value is -1.75. The summed E-state index contributed by atoms with van der Waals surface area (Å²) in [6.45, 7) is 4.26. The zero-order valence-electron chi connectivity index (χ0n) is 15.0. The van der Waals surface area contributed by atoms with Gasteiger partial charge in [0.15, 0.2) is 11.5 Å². The number of Topliss-reactive ketones (excluding diaryl/α,β-unsaturated/α-hetero) is 1. The molecule has 142 valence electrons. The summed E-state index contributed by atoms with van der Waals surface area (Å²) in [5, 5.41) is 0.948. The van der Waals surface area contributed by atoms with Gasteiger partial charge in [0.25, 0.3) is 0 Å². The summed E-state index contributed by atoms with van der Waals surface area (Å²) in [6.07, 6.45) is 2.42. The maximum absolute atomic E-state index is 15.7. The minimum absolute atomic E-state index is 0.0232. The Morgan fingerprint density at radius 2 is 2.19 bits per heavy atom. The lowest BCUT2D eigenvalue weighted by Gasteiger charge is -2.31. The third-order valence-corrected chi connectivity index (χ3v) is 5.49. The van der Waals surface area contributed by atoms with E-state index in [0.717, 1.165) is 16.7 Å². The molecule has 0 amide bonds. The van der Waals surface area contributed by atoms with Crippen molar-refractivity contribution in [1.29, 1.82) is 0 Å². The van der Waals surface area contributed by atoms with E-state index in [1.807, 2.05) is 0 Å². The number of hydrogen-bond acceptors (Lipinski definition) is 3. The van der Waals surface area contributed by atoms with E-state index in [9.17, 15) is 4.79 Å². The van der Waals surface area contributed by atoms with Crippen molar-refractivity contribution in [3.05, 3.63) is 69.5 Å². The first kappa shape index (κ1) is 20.0. The molecule has 1 heterocycles. The topological polar surface area (TPSA) is 39.2 Å². The highest BCUT2D eigenvalue weighted by atomic mass is 35.5. The molecule has 6 heteroatoms. The number of benzene rings is 1. The van der Waals surface area contributed by atoms with E-state index >= 15 is 4.39 Å². The minimum atomic E-state index is -2.05. The van der Waals surface area contributed by atoms with Crippen LogP contribution in [0.25, 0.3) is 5.57 Å². The zero-order chi connectivity index (χ0) is 19.6. The number of methoxy groups -OCH3 is 1. The van der Waals surface area contributed by atoms with Crippen molar-refractivity contribution >= 4 is 34.6 Å². The van der Waals surface area contributed by atoms with E-state index < -0.39 is 11.5 Å². The minimum Gasteiger partial charge on any atom is -0.380 e. The number of hydrogen-bond donors (Lipinski definition) is 0. The number of aromatic nitrogens is 1. The first-order valence-corrected chi connectivity index (χ1v) is 9.44. The van der Waals surface area contributed by atoms with E-state index in [2.05, 4.69) is 11.6 Å². The van der Waals surface area contributed by atoms with Gasteiger partial charge in [-0.2, -0.15) is 0 Å². The Morgan fingerprint density at radius 1 is 1.41 bits per heavy atom. The fourth-order valence-electron chi connectivity index (χ4n) is 3.53. The molecule has 0 saturated carbocycles. The summed E-state index contributed by atoms with van der Waals surface area (Å²) >= 11 is 12.4. The van der Waals surface area contributed by atoms with Crippen LogP contribution < -0.4 is 0 Å². The van der Waals surface area contributed by atoms with Crippen LogP contribution in [0.5, 0.6) is 0 Å². The number of carbonyl (C=O) groups excluding carboxylic acids is 1. The number of carbonyl (C=O) groups is 1. The molecule has 1 aromatic carbocycles. The van der Waals surface area contributed by atoms with Crippen LogP contribution >= 0.6 is 23.2 Å². The molecule has 0 N–H and O–H groups in total. The third-order valence-electron chi connectivity index (χ3n) is 4.94. The van der Waals surface area contributed by atoms with Crippen molar-refractivity contribution in [3.63, 3.8) is 0 Å². The smallest absolute Gasteiger partial charge is 0.196 e. The van der Waals surface area contributed by atoms with Gasteiger partial charge >= 0.3 is 0 Å². The summed E-state index contributed by atoms with van der Waals surface area (Å²) < 4.78 is 20.9. The van der Waals surface area contributed by atoms with Crippen LogP contribution in [0, 0.1) is 0 Å². The molecule has 0 spiro atoms. The van der Waals surface area contributed by atoms with Crippen LogP contribution in [0.4, 0.5) is 4.39 Å². The standard InChI is InChI=1S/C21H20Cl2FNO2/c1-13-7-8-21(24,17-4-3-9-25-20(13)17)19(26)6-5-16-14(12-27-2)10-15(22)11-18(16)23/h3-4,9-11H,1,5-8,12H2,2H3. The predicted molar refractivity (Wildman–Crippen MR) is 106 cm³/mol. The number of ketones is 1. The fourth-order valence-corrected chi connectivity index (χ4v) is 4.16. The average Bonchev–Trinajstić information content (AvgIpc) is 2.64. The molecular formula is C21H20Cl2FNO2. The Morgan fingerprint density at radius 3 is 2.93 bits per heavy atom. The molecule has 1 aliphatic carbocycles. The lowest BCUT2D eigenvalue weighted by molar-refractivity contribution is -0.131. The molecule has 0 bridgehead atoms. The van der Waals surface area contributed by atoms with Gasteiger partial charge in [-0.25, -0.2) is 4.39 Å². The van der Waals surface area contributed by atoms with Crippen LogP contribution in [0.3, 0.4) is 0 Å². The van der Waals surface area contributed by atoms with E-state index in [1.165, 1.54) is 0 Å². The molecule has 3 nitrogen and oxygen atoms in total. The predicted octanol–water partition coefficient (Wildman–Crippen LogP) is 5.71. The van der Waals surface area contributed by atoms with Gasteiger partial charge < -0.3 is 4.74 Å². The highest BCUT2D eigenvalue weighted by Crippen LogP contribution is 2.43. The van der Waals surface area contributed by atoms with Gasteiger partial charge in [-0.1, -0.05) is 35.8 Å². The van der Waals surface area contributed by atoms with Gasteiger partial charge in [0.2, 0.25) is 0 Å². The van der Waals surface area contributed by atoms with Crippen molar-refractivity contribution in [2.24, 2.45) is 0 Å². The largest absolute Gasteiger partial charge is 0.380 e. The molecule has 1 aromatic heterocycles. The lowest BCUT2D eigenvalue weighted by Crippen LogP contribution is -2.35. The summed E-state index contributed by atoms with van der Waals surface area (Å²) in [5.74, 6) is -0.473. The van der Waals surface area contributed by atoms with E-state index in [0.29, 0.717) is 40.8 Å². The summed E-state index contributed by atoms with van der Waals surface area (Å²) in [4.78, 5) is 17.1. The number of nitrogens with zero attached hydrogens (tertiary/aromatic N) is 1. The molecule has 1 atom stereocenters. The fraction of sp³-hybridized carbons (Fsp3) is 0.333. The quantitative estimate of drug-likeness (QED) is 0.615. The number of allylic oxidation sites excluding steroid dienone is 1. The highest BCUT2D eigenvalue weighted by Gasteiger charge is 2.44. The number of rotatable bonds is 6. The maximum atomic E-state index is 15.7. The number of fused-ring (bicyclic) bond motifs is 1. The van der Waals surface area contributed by atoms with Crippen molar-refractivity contribution in [2.45, 2.75) is 38.0 Å². The molecule has 0 radical (unpaired) electrons. The van der Waals surface area contributed by atoms with E-state index in [4.69, 9.17) is 27.9 Å². The second kappa shape index (κ2) is 8.09. The molecule has 2 aromatic rings. The van der Waals surface area contributed by atoms with E-state index in [1.54, 1.807) is 37.6 Å². The summed E-state index contributed by atoms with van der Waals surface area (Å²) in [5.41, 5.74) is 1.07. The average molecular weight is 408 g/mol. The van der Waals surface area contributed by atoms with Crippen molar-refractivity contribution in [1.82, 2.24) is 4.98 Å². The molecule has 3 rings (SSSR count). The van der Waals surface area contributed by atoms with Crippen molar-refractivity contribution < 1.29 is 13.9 Å². The molecular weight excluding hydrogens is 388 g/mol. The number of ether oxygens (including phenoxy) is 1. The highest BCUT2D eigenvalue weighted by molar-refractivity contribution is 6.35. The van der Waals surface area contributed by atoms with Crippen molar-refractivity contribution in [2.75, 3.05) is 7.11 Å². The number of pyridine rings is 1. The van der Waals surface area contributed by atoms with Gasteiger partial charge in [-0.15, -0.1) is 0 Å². The summed E-state index contributed by atoms with van der Waals surface area (Å²) in [6, 6.07) is 6.64. The molecule has 0 fully saturated rings. The van der Waals surface area contributed by atoms with Crippen molar-refractivity contribution in [3.8, 4) is 0 Å². The normalized spacial score (nSPS) is 19.0. The van der Waals surface area contributed by atoms with Crippen LogP contribution in [0.1, 0.15) is 41.6 Å².